The molecule has 0 saturated carbocycles. The molecule has 0 fully saturated rings. The van der Waals surface area contributed by atoms with Gasteiger partial charge in [-0.3, -0.25) is 4.79 Å². The van der Waals surface area contributed by atoms with Crippen LogP contribution in [0.1, 0.15) is 16.1 Å². The molecule has 2 N–H and O–H groups in total. The number of hydrazone groups is 1. The normalized spacial score (nSPS) is 11.1. The van der Waals surface area contributed by atoms with Gasteiger partial charge in [-0.05, 0) is 66.7 Å². The standard InChI is InChI=1S/C27H17Cl3N4O2S/c28-18-5-8-20(9-6-18)32-27-33-24(15-37-27)16-1-3-17(4-2-16)26(35)34-31-14-21-10-12-25(36-21)22-13-19(29)7-11-23(22)30/h1-15H,(H,32,33)(H,34,35)/b31-14-. The fourth-order valence-electron chi connectivity index (χ4n) is 3.39. The van der Waals surface area contributed by atoms with Gasteiger partial charge in [-0.1, -0.05) is 46.9 Å². The second-order valence-corrected chi connectivity index (χ2v) is 9.91. The van der Waals surface area contributed by atoms with Crippen LogP contribution in [0, 0.1) is 0 Å². The first-order valence-electron chi connectivity index (χ1n) is 10.9. The van der Waals surface area contributed by atoms with Crippen molar-refractivity contribution in [2.24, 2.45) is 5.10 Å². The van der Waals surface area contributed by atoms with Crippen LogP contribution in [0.5, 0.6) is 0 Å². The summed E-state index contributed by atoms with van der Waals surface area (Å²) in [5, 5.41) is 11.7. The molecule has 5 aromatic rings. The van der Waals surface area contributed by atoms with Gasteiger partial charge in [-0.25, -0.2) is 10.4 Å². The highest BCUT2D eigenvalue weighted by atomic mass is 35.5. The highest BCUT2D eigenvalue weighted by molar-refractivity contribution is 7.14. The predicted octanol–water partition coefficient (Wildman–Crippen LogP) is 8.54. The van der Waals surface area contributed by atoms with Gasteiger partial charge in [-0.15, -0.1) is 11.3 Å². The molecule has 5 rings (SSSR count). The van der Waals surface area contributed by atoms with Crippen molar-refractivity contribution < 1.29 is 9.21 Å². The summed E-state index contributed by atoms with van der Waals surface area (Å²) >= 11 is 19.7. The molecule has 6 nitrogen and oxygen atoms in total. The van der Waals surface area contributed by atoms with Crippen LogP contribution in [0.2, 0.25) is 15.1 Å². The van der Waals surface area contributed by atoms with Crippen LogP contribution in [0.25, 0.3) is 22.6 Å². The van der Waals surface area contributed by atoms with E-state index < -0.39 is 0 Å². The van der Waals surface area contributed by atoms with E-state index in [9.17, 15) is 4.79 Å². The Labute approximate surface area is 231 Å². The smallest absolute Gasteiger partial charge is 0.271 e. The lowest BCUT2D eigenvalue weighted by Crippen LogP contribution is -2.17. The Morgan fingerprint density at radius 1 is 0.919 bits per heavy atom. The number of rotatable bonds is 7. The molecule has 2 heterocycles. The number of amides is 1. The van der Waals surface area contributed by atoms with Gasteiger partial charge in [0, 0.05) is 37.8 Å². The molecule has 0 unspecified atom stereocenters. The van der Waals surface area contributed by atoms with Gasteiger partial charge in [0.15, 0.2) is 5.13 Å². The molecule has 0 aliphatic heterocycles. The number of halogens is 3. The van der Waals surface area contributed by atoms with Crippen molar-refractivity contribution in [2.75, 3.05) is 5.32 Å². The third kappa shape index (κ3) is 6.21. The lowest BCUT2D eigenvalue weighted by molar-refractivity contribution is 0.0955. The van der Waals surface area contributed by atoms with Crippen molar-refractivity contribution in [3.8, 4) is 22.6 Å². The van der Waals surface area contributed by atoms with E-state index in [-0.39, 0.29) is 5.91 Å². The highest BCUT2D eigenvalue weighted by Crippen LogP contribution is 2.31. The Morgan fingerprint density at radius 3 is 2.46 bits per heavy atom. The van der Waals surface area contributed by atoms with Gasteiger partial charge in [0.05, 0.1) is 16.9 Å². The van der Waals surface area contributed by atoms with E-state index >= 15 is 0 Å². The van der Waals surface area contributed by atoms with Gasteiger partial charge in [0.2, 0.25) is 0 Å². The summed E-state index contributed by atoms with van der Waals surface area (Å²) in [7, 11) is 0. The molecule has 184 valence electrons. The van der Waals surface area contributed by atoms with Crippen LogP contribution < -0.4 is 10.7 Å². The zero-order valence-corrected chi connectivity index (χ0v) is 22.0. The summed E-state index contributed by atoms with van der Waals surface area (Å²) in [6.07, 6.45) is 1.42. The van der Waals surface area contributed by atoms with Crippen molar-refractivity contribution >= 4 is 69.1 Å². The number of aromatic nitrogens is 1. The first-order valence-corrected chi connectivity index (χ1v) is 12.9. The van der Waals surface area contributed by atoms with Gasteiger partial charge in [-0.2, -0.15) is 5.10 Å². The summed E-state index contributed by atoms with van der Waals surface area (Å²) in [5.41, 5.74) is 6.23. The predicted molar refractivity (Wildman–Crippen MR) is 152 cm³/mol. The van der Waals surface area contributed by atoms with E-state index in [1.54, 1.807) is 42.5 Å². The number of nitrogens with zero attached hydrogens (tertiary/aromatic N) is 2. The minimum Gasteiger partial charge on any atom is -0.455 e. The second kappa shape index (κ2) is 11.2. The van der Waals surface area contributed by atoms with E-state index in [1.165, 1.54) is 17.6 Å². The Balaban J connectivity index is 1.19. The average Bonchev–Trinajstić information content (AvgIpc) is 3.57. The molecule has 10 heteroatoms. The molecule has 0 spiro atoms. The number of anilines is 2. The van der Waals surface area contributed by atoms with Gasteiger partial charge in [0.25, 0.3) is 5.91 Å². The molecular formula is C27H17Cl3N4O2S. The molecule has 3 aromatic carbocycles. The first-order chi connectivity index (χ1) is 17.9. The fraction of sp³-hybridized carbons (Fsp3) is 0. The minimum absolute atomic E-state index is 0.351. The quantitative estimate of drug-likeness (QED) is 0.153. The van der Waals surface area contributed by atoms with E-state index in [2.05, 4.69) is 20.8 Å². The number of thiazole rings is 1. The van der Waals surface area contributed by atoms with Crippen molar-refractivity contribution in [3.05, 3.63) is 111 Å². The summed E-state index contributed by atoms with van der Waals surface area (Å²) in [6, 6.07) is 23.1. The van der Waals surface area contributed by atoms with Crippen LogP contribution >= 0.6 is 46.1 Å². The molecule has 0 aliphatic carbocycles. The SMILES string of the molecule is O=C(N/N=C\c1ccc(-c2cc(Cl)ccc2Cl)o1)c1ccc(-c2csc(Nc3ccc(Cl)cc3)n2)cc1. The van der Waals surface area contributed by atoms with E-state index in [1.807, 2.05) is 41.8 Å². The Morgan fingerprint density at radius 2 is 1.68 bits per heavy atom. The van der Waals surface area contributed by atoms with Crippen LogP contribution in [-0.2, 0) is 0 Å². The number of hydrogen-bond acceptors (Lipinski definition) is 6. The first kappa shape index (κ1) is 25.0. The van der Waals surface area contributed by atoms with E-state index in [4.69, 9.17) is 39.2 Å². The molecule has 0 radical (unpaired) electrons. The molecule has 0 bridgehead atoms. The number of carbonyl (C=O) groups excluding carboxylic acids is 1. The minimum atomic E-state index is -0.351. The van der Waals surface area contributed by atoms with Crippen LogP contribution in [-0.4, -0.2) is 17.1 Å². The summed E-state index contributed by atoms with van der Waals surface area (Å²) in [4.78, 5) is 17.1. The maximum Gasteiger partial charge on any atom is 0.271 e. The Hall–Kier alpha value is -3.62. The molecule has 0 aliphatic rings. The maximum atomic E-state index is 12.5. The lowest BCUT2D eigenvalue weighted by atomic mass is 10.1. The van der Waals surface area contributed by atoms with Gasteiger partial charge in [0.1, 0.15) is 11.5 Å². The number of benzene rings is 3. The zero-order chi connectivity index (χ0) is 25.8. The van der Waals surface area contributed by atoms with Gasteiger partial charge < -0.3 is 9.73 Å². The summed E-state index contributed by atoms with van der Waals surface area (Å²) in [5.74, 6) is 0.647. The molecule has 0 saturated heterocycles. The molecule has 0 atom stereocenters. The van der Waals surface area contributed by atoms with Crippen LogP contribution in [0.4, 0.5) is 10.8 Å². The van der Waals surface area contributed by atoms with Crippen molar-refractivity contribution in [2.45, 2.75) is 0 Å². The largest absolute Gasteiger partial charge is 0.455 e. The molecule has 2 aromatic heterocycles. The summed E-state index contributed by atoms with van der Waals surface area (Å²) in [6.45, 7) is 0. The number of furan rings is 1. The monoisotopic (exact) mass is 566 g/mol. The number of hydrogen-bond donors (Lipinski definition) is 2. The summed E-state index contributed by atoms with van der Waals surface area (Å²) < 4.78 is 5.74. The second-order valence-electron chi connectivity index (χ2n) is 7.77. The average molecular weight is 568 g/mol. The fourth-order valence-corrected chi connectivity index (χ4v) is 4.63. The third-order valence-corrected chi connectivity index (χ3v) is 6.80. The molecule has 1 amide bonds. The van der Waals surface area contributed by atoms with E-state index in [0.717, 1.165) is 22.1 Å². The van der Waals surface area contributed by atoms with Crippen molar-refractivity contribution in [3.63, 3.8) is 0 Å². The van der Waals surface area contributed by atoms with Crippen LogP contribution in [0.3, 0.4) is 0 Å². The van der Waals surface area contributed by atoms with Crippen molar-refractivity contribution in [1.29, 1.82) is 0 Å². The van der Waals surface area contributed by atoms with E-state index in [0.29, 0.717) is 37.7 Å². The molecule has 37 heavy (non-hydrogen) atoms. The number of nitrogens with one attached hydrogen (secondary N) is 2. The Bertz CT molecular complexity index is 1580. The Kier molecular flexibility index (Phi) is 7.58. The lowest BCUT2D eigenvalue weighted by Gasteiger charge is -2.03. The number of carbonyl (C=O) groups is 1. The third-order valence-electron chi connectivity index (χ3n) is 5.22. The highest BCUT2D eigenvalue weighted by Gasteiger charge is 2.10. The van der Waals surface area contributed by atoms with Crippen molar-refractivity contribution in [1.82, 2.24) is 10.4 Å². The maximum absolute atomic E-state index is 12.5. The zero-order valence-electron chi connectivity index (χ0n) is 18.9. The topological polar surface area (TPSA) is 79.5 Å². The molecular weight excluding hydrogens is 551 g/mol. The van der Waals surface area contributed by atoms with Crippen LogP contribution in [0.15, 0.2) is 93.8 Å². The van der Waals surface area contributed by atoms with Gasteiger partial charge >= 0.3 is 0 Å².